The first-order valence-electron chi connectivity index (χ1n) is 9.35. The van der Waals surface area contributed by atoms with E-state index in [1.54, 1.807) is 36.7 Å². The number of carbonyl (C=O) groups excluding carboxylic acids is 1. The van der Waals surface area contributed by atoms with Gasteiger partial charge in [-0.2, -0.15) is 0 Å². The van der Waals surface area contributed by atoms with Gasteiger partial charge in [-0.15, -0.1) is 0 Å². The van der Waals surface area contributed by atoms with Gasteiger partial charge in [-0.1, -0.05) is 5.16 Å². The minimum Gasteiger partial charge on any atom is -0.360 e. The molecule has 1 amide bonds. The lowest BCUT2D eigenvalue weighted by Crippen LogP contribution is -2.12. The molecular weight excluding hydrogens is 371 g/mol. The Balaban J connectivity index is 1.43. The second-order valence-electron chi connectivity index (χ2n) is 7.06. The van der Waals surface area contributed by atoms with Gasteiger partial charge >= 0.3 is 0 Å². The zero-order chi connectivity index (χ0) is 19.8. The molecule has 0 bridgehead atoms. The Bertz CT molecular complexity index is 1200. The average Bonchev–Trinajstić information content (AvgIpc) is 3.47. The van der Waals surface area contributed by atoms with Crippen LogP contribution < -0.4 is 10.6 Å². The van der Waals surface area contributed by atoms with E-state index in [0.717, 1.165) is 40.7 Å². The summed E-state index contributed by atoms with van der Waals surface area (Å²) in [6, 6.07) is 13.4. The highest BCUT2D eigenvalue weighted by molar-refractivity contribution is 6.10. The van der Waals surface area contributed by atoms with Gasteiger partial charge in [-0.25, -0.2) is 4.39 Å². The highest BCUT2D eigenvalue weighted by Gasteiger charge is 2.29. The summed E-state index contributed by atoms with van der Waals surface area (Å²) < 4.78 is 18.4. The Morgan fingerprint density at radius 3 is 2.62 bits per heavy atom. The zero-order valence-corrected chi connectivity index (χ0v) is 15.4. The van der Waals surface area contributed by atoms with Gasteiger partial charge in [0, 0.05) is 46.5 Å². The molecule has 1 aliphatic rings. The molecule has 0 radical (unpaired) electrons. The molecule has 2 aromatic carbocycles. The van der Waals surface area contributed by atoms with Crippen molar-refractivity contribution in [2.75, 3.05) is 10.6 Å². The van der Waals surface area contributed by atoms with E-state index in [1.165, 1.54) is 12.1 Å². The van der Waals surface area contributed by atoms with Crippen molar-refractivity contribution in [2.24, 2.45) is 0 Å². The number of pyridine rings is 1. The number of anilines is 3. The Labute approximate surface area is 165 Å². The van der Waals surface area contributed by atoms with Gasteiger partial charge in [0.2, 0.25) is 0 Å². The molecule has 1 saturated carbocycles. The van der Waals surface area contributed by atoms with E-state index < -0.39 is 0 Å². The maximum atomic E-state index is 13.2. The van der Waals surface area contributed by atoms with E-state index in [2.05, 4.69) is 20.8 Å². The van der Waals surface area contributed by atoms with Crippen LogP contribution in [0.15, 0.2) is 65.4 Å². The van der Waals surface area contributed by atoms with Crippen LogP contribution in [0.25, 0.3) is 10.8 Å². The molecule has 0 atom stereocenters. The first-order chi connectivity index (χ1) is 14.2. The minimum absolute atomic E-state index is 0.262. The van der Waals surface area contributed by atoms with E-state index in [1.807, 2.05) is 12.1 Å². The van der Waals surface area contributed by atoms with E-state index in [9.17, 15) is 9.18 Å². The molecule has 2 heterocycles. The molecule has 1 fully saturated rings. The van der Waals surface area contributed by atoms with Crippen molar-refractivity contribution in [2.45, 2.75) is 18.8 Å². The van der Waals surface area contributed by atoms with Crippen LogP contribution in [-0.4, -0.2) is 16.0 Å². The summed E-state index contributed by atoms with van der Waals surface area (Å²) in [6.07, 6.45) is 5.53. The molecule has 0 spiro atoms. The Hall–Kier alpha value is -3.74. The fourth-order valence-corrected chi connectivity index (χ4v) is 3.24. The first-order valence-corrected chi connectivity index (χ1v) is 9.35. The number of carbonyl (C=O) groups is 1. The number of amides is 1. The van der Waals surface area contributed by atoms with Crippen molar-refractivity contribution >= 4 is 33.7 Å². The van der Waals surface area contributed by atoms with Gasteiger partial charge in [0.15, 0.2) is 5.69 Å². The van der Waals surface area contributed by atoms with Crippen LogP contribution >= 0.6 is 0 Å². The second-order valence-corrected chi connectivity index (χ2v) is 7.06. The first kappa shape index (κ1) is 17.4. The van der Waals surface area contributed by atoms with E-state index in [0.29, 0.717) is 11.6 Å². The third kappa shape index (κ3) is 3.54. The number of halogens is 1. The molecule has 7 heteroatoms. The summed E-state index contributed by atoms with van der Waals surface area (Å²) in [4.78, 5) is 16.8. The normalized spacial score (nSPS) is 13.4. The molecular formula is C22H17FN4O2. The summed E-state index contributed by atoms with van der Waals surface area (Å²) in [5.41, 5.74) is 2.47. The van der Waals surface area contributed by atoms with Crippen molar-refractivity contribution in [3.8, 4) is 0 Å². The number of nitrogens with one attached hydrogen (secondary N) is 2. The van der Waals surface area contributed by atoms with E-state index in [-0.39, 0.29) is 17.4 Å². The van der Waals surface area contributed by atoms with Crippen LogP contribution in [0.4, 0.5) is 21.5 Å². The van der Waals surface area contributed by atoms with Crippen molar-refractivity contribution in [1.29, 1.82) is 0 Å². The molecule has 29 heavy (non-hydrogen) atoms. The third-order valence-electron chi connectivity index (χ3n) is 4.93. The molecule has 2 N–H and O–H groups in total. The number of aromatic nitrogens is 2. The number of nitrogens with zero attached hydrogens (tertiary/aromatic N) is 2. The maximum absolute atomic E-state index is 13.2. The summed E-state index contributed by atoms with van der Waals surface area (Å²) >= 11 is 0. The molecule has 0 unspecified atom stereocenters. The number of hydrogen-bond acceptors (Lipinski definition) is 5. The van der Waals surface area contributed by atoms with Crippen molar-refractivity contribution in [1.82, 2.24) is 10.1 Å². The summed E-state index contributed by atoms with van der Waals surface area (Å²) in [5.74, 6) is 0.539. The van der Waals surface area contributed by atoms with Crippen LogP contribution in [0.1, 0.15) is 35.0 Å². The van der Waals surface area contributed by atoms with Crippen LogP contribution in [0.5, 0.6) is 0 Å². The zero-order valence-electron chi connectivity index (χ0n) is 15.4. The van der Waals surface area contributed by atoms with Crippen molar-refractivity contribution in [3.63, 3.8) is 0 Å². The van der Waals surface area contributed by atoms with Gasteiger partial charge in [0.25, 0.3) is 5.91 Å². The molecule has 5 rings (SSSR count). The molecule has 0 saturated heterocycles. The van der Waals surface area contributed by atoms with Crippen molar-refractivity contribution < 1.29 is 13.7 Å². The molecule has 6 nitrogen and oxygen atoms in total. The van der Waals surface area contributed by atoms with Gasteiger partial charge < -0.3 is 15.2 Å². The smallest absolute Gasteiger partial charge is 0.277 e. The van der Waals surface area contributed by atoms with Crippen LogP contribution in [0, 0.1) is 5.82 Å². The molecule has 144 valence electrons. The minimum atomic E-state index is -0.329. The second kappa shape index (κ2) is 7.01. The van der Waals surface area contributed by atoms with Gasteiger partial charge in [0.05, 0.1) is 5.69 Å². The van der Waals surface area contributed by atoms with E-state index in [4.69, 9.17) is 4.52 Å². The predicted octanol–water partition coefficient (Wildman–Crippen LogP) is 5.24. The summed E-state index contributed by atoms with van der Waals surface area (Å²) in [7, 11) is 0. The Morgan fingerprint density at radius 2 is 1.83 bits per heavy atom. The van der Waals surface area contributed by atoms with Crippen LogP contribution in [0.2, 0.25) is 0 Å². The number of rotatable bonds is 5. The number of fused-ring (bicyclic) bond motifs is 1. The van der Waals surface area contributed by atoms with Crippen LogP contribution in [-0.2, 0) is 0 Å². The predicted molar refractivity (Wildman–Crippen MR) is 108 cm³/mol. The maximum Gasteiger partial charge on any atom is 0.277 e. The lowest BCUT2D eigenvalue weighted by atomic mass is 10.1. The quantitative estimate of drug-likeness (QED) is 0.489. The topological polar surface area (TPSA) is 80.0 Å². The largest absolute Gasteiger partial charge is 0.360 e. The fraction of sp³-hybridized carbons (Fsp3) is 0.136. The highest BCUT2D eigenvalue weighted by atomic mass is 19.1. The molecule has 1 aliphatic carbocycles. The molecule has 2 aromatic heterocycles. The number of hydrogen-bond donors (Lipinski definition) is 2. The lowest BCUT2D eigenvalue weighted by molar-refractivity contribution is 0.101. The number of benzene rings is 2. The lowest BCUT2D eigenvalue weighted by Gasteiger charge is -2.13. The Kier molecular flexibility index (Phi) is 4.20. The third-order valence-corrected chi connectivity index (χ3v) is 4.93. The fourth-order valence-electron chi connectivity index (χ4n) is 3.24. The Morgan fingerprint density at radius 1 is 1.03 bits per heavy atom. The van der Waals surface area contributed by atoms with Crippen molar-refractivity contribution in [3.05, 3.63) is 78.2 Å². The molecule has 0 aliphatic heterocycles. The SMILES string of the molecule is O=C(Nc1ccc(Nc2ccc(F)cc2)c2ccncc12)c1cc(C2CC2)on1. The standard InChI is InChI=1S/C22H17FN4O2/c23-14-3-5-15(6-4-14)25-18-7-8-19(17-12-24-10-9-16(17)18)26-22(28)20-11-21(29-27-20)13-1-2-13/h3-13,25H,1-2H2,(H,26,28). The van der Waals surface area contributed by atoms with Gasteiger partial charge in [-0.05, 0) is 55.3 Å². The highest BCUT2D eigenvalue weighted by Crippen LogP contribution is 2.40. The summed E-state index contributed by atoms with van der Waals surface area (Å²) in [5, 5.41) is 11.7. The van der Waals surface area contributed by atoms with Crippen LogP contribution in [0.3, 0.4) is 0 Å². The summed E-state index contributed by atoms with van der Waals surface area (Å²) in [6.45, 7) is 0. The van der Waals surface area contributed by atoms with E-state index >= 15 is 0 Å². The van der Waals surface area contributed by atoms with Gasteiger partial charge in [-0.3, -0.25) is 9.78 Å². The monoisotopic (exact) mass is 388 g/mol. The molecule has 4 aromatic rings. The average molecular weight is 388 g/mol. The van der Waals surface area contributed by atoms with Gasteiger partial charge in [0.1, 0.15) is 11.6 Å².